The van der Waals surface area contributed by atoms with Crippen LogP contribution in [0, 0.1) is 12.7 Å². The van der Waals surface area contributed by atoms with Crippen LogP contribution in [0.25, 0.3) is 11.3 Å². The molecule has 1 N–H and O–H groups in total. The van der Waals surface area contributed by atoms with Crippen LogP contribution >= 0.6 is 11.3 Å². The summed E-state index contributed by atoms with van der Waals surface area (Å²) in [5.74, 6) is -0.165. The molecule has 0 radical (unpaired) electrons. The van der Waals surface area contributed by atoms with E-state index in [4.69, 9.17) is 0 Å². The third-order valence-corrected chi connectivity index (χ3v) is 3.68. The molecule has 0 atom stereocenters. The molecule has 0 saturated heterocycles. The maximum atomic E-state index is 13.2. The van der Waals surface area contributed by atoms with Crippen molar-refractivity contribution in [3.63, 3.8) is 0 Å². The third kappa shape index (κ3) is 3.15. The summed E-state index contributed by atoms with van der Waals surface area (Å²) in [5.41, 5.74) is 2.59. The molecular weight excluding hydrogens is 247 g/mol. The highest BCUT2D eigenvalue weighted by Gasteiger charge is 2.06. The Morgan fingerprint density at radius 3 is 2.94 bits per heavy atom. The van der Waals surface area contributed by atoms with Gasteiger partial charge in [0.25, 0.3) is 0 Å². The summed E-state index contributed by atoms with van der Waals surface area (Å²) in [7, 11) is 0. The number of benzene rings is 1. The Kier molecular flexibility index (Phi) is 4.44. The van der Waals surface area contributed by atoms with Gasteiger partial charge in [0, 0.05) is 23.9 Å². The average molecular weight is 264 g/mol. The predicted octanol–water partition coefficient (Wildman–Crippen LogP) is 3.41. The highest BCUT2D eigenvalue weighted by molar-refractivity contribution is 7.09. The van der Waals surface area contributed by atoms with Crippen molar-refractivity contribution in [1.29, 1.82) is 0 Å². The first-order valence-corrected chi connectivity index (χ1v) is 7.00. The lowest BCUT2D eigenvalue weighted by Crippen LogP contribution is -2.15. The molecule has 1 aromatic heterocycles. The van der Waals surface area contributed by atoms with E-state index in [0.717, 1.165) is 35.8 Å². The van der Waals surface area contributed by atoms with E-state index < -0.39 is 0 Å². The molecule has 0 aliphatic carbocycles. The van der Waals surface area contributed by atoms with Crippen molar-refractivity contribution in [1.82, 2.24) is 10.3 Å². The van der Waals surface area contributed by atoms with Crippen molar-refractivity contribution in [2.75, 3.05) is 13.1 Å². The number of hydrogen-bond donors (Lipinski definition) is 1. The molecule has 0 saturated carbocycles. The molecule has 0 spiro atoms. The van der Waals surface area contributed by atoms with Gasteiger partial charge in [0.05, 0.1) is 10.7 Å². The average Bonchev–Trinajstić information content (AvgIpc) is 2.82. The van der Waals surface area contributed by atoms with E-state index in [-0.39, 0.29) is 5.82 Å². The van der Waals surface area contributed by atoms with Crippen LogP contribution in [0.3, 0.4) is 0 Å². The Hall–Kier alpha value is -1.26. The number of nitrogens with one attached hydrogen (secondary N) is 1. The van der Waals surface area contributed by atoms with Crippen LogP contribution in [0.4, 0.5) is 4.39 Å². The lowest BCUT2D eigenvalue weighted by Gasteiger charge is -2.00. The van der Waals surface area contributed by atoms with Gasteiger partial charge < -0.3 is 5.32 Å². The van der Waals surface area contributed by atoms with E-state index in [1.807, 2.05) is 11.4 Å². The molecule has 2 aromatic rings. The normalized spacial score (nSPS) is 10.8. The molecule has 2 nitrogen and oxygen atoms in total. The van der Waals surface area contributed by atoms with Gasteiger partial charge in [-0.3, -0.25) is 0 Å². The number of rotatable bonds is 5. The number of hydrogen-bond acceptors (Lipinski definition) is 3. The van der Waals surface area contributed by atoms with E-state index in [0.29, 0.717) is 5.56 Å². The fourth-order valence-electron chi connectivity index (χ4n) is 1.73. The number of aromatic nitrogens is 1. The van der Waals surface area contributed by atoms with Crippen LogP contribution in [-0.4, -0.2) is 18.1 Å². The lowest BCUT2D eigenvalue weighted by atomic mass is 10.1. The number of thiazole rings is 1. The lowest BCUT2D eigenvalue weighted by molar-refractivity contribution is 0.619. The van der Waals surface area contributed by atoms with E-state index >= 15 is 0 Å². The SMILES string of the molecule is CCNCCc1nc(-c2ccc(F)c(C)c2)cs1. The smallest absolute Gasteiger partial charge is 0.126 e. The van der Waals surface area contributed by atoms with Crippen LogP contribution < -0.4 is 5.32 Å². The minimum atomic E-state index is -0.165. The van der Waals surface area contributed by atoms with Gasteiger partial charge in [0.2, 0.25) is 0 Å². The first-order valence-electron chi connectivity index (χ1n) is 6.12. The van der Waals surface area contributed by atoms with Crippen molar-refractivity contribution < 1.29 is 4.39 Å². The molecule has 1 aromatic carbocycles. The Bertz CT molecular complexity index is 522. The van der Waals surface area contributed by atoms with E-state index in [1.54, 1.807) is 24.3 Å². The minimum Gasteiger partial charge on any atom is -0.317 e. The Balaban J connectivity index is 2.11. The molecule has 1 heterocycles. The highest BCUT2D eigenvalue weighted by Crippen LogP contribution is 2.23. The van der Waals surface area contributed by atoms with Gasteiger partial charge in [0.1, 0.15) is 5.82 Å². The van der Waals surface area contributed by atoms with E-state index in [1.165, 1.54) is 6.07 Å². The largest absolute Gasteiger partial charge is 0.317 e. The van der Waals surface area contributed by atoms with Crippen molar-refractivity contribution in [3.8, 4) is 11.3 Å². The monoisotopic (exact) mass is 264 g/mol. The molecule has 0 fully saturated rings. The fraction of sp³-hybridized carbons (Fsp3) is 0.357. The number of nitrogens with zero attached hydrogens (tertiary/aromatic N) is 1. The van der Waals surface area contributed by atoms with Crippen LogP contribution in [0.1, 0.15) is 17.5 Å². The number of aryl methyl sites for hydroxylation is 1. The van der Waals surface area contributed by atoms with Crippen LogP contribution in [0.5, 0.6) is 0 Å². The summed E-state index contributed by atoms with van der Waals surface area (Å²) in [6.45, 7) is 5.80. The molecule has 0 aliphatic rings. The molecule has 0 unspecified atom stereocenters. The van der Waals surface area contributed by atoms with Crippen molar-refractivity contribution in [3.05, 3.63) is 40.0 Å². The first-order chi connectivity index (χ1) is 8.70. The zero-order valence-electron chi connectivity index (χ0n) is 10.7. The second-order valence-electron chi connectivity index (χ2n) is 4.19. The Morgan fingerprint density at radius 2 is 2.22 bits per heavy atom. The van der Waals surface area contributed by atoms with E-state index in [2.05, 4.69) is 17.2 Å². The van der Waals surface area contributed by atoms with Gasteiger partial charge in [-0.25, -0.2) is 9.37 Å². The summed E-state index contributed by atoms with van der Waals surface area (Å²) in [6.07, 6.45) is 0.943. The quantitative estimate of drug-likeness (QED) is 0.837. The zero-order chi connectivity index (χ0) is 13.0. The van der Waals surface area contributed by atoms with E-state index in [9.17, 15) is 4.39 Å². The molecule has 4 heteroatoms. The van der Waals surface area contributed by atoms with Crippen molar-refractivity contribution in [2.45, 2.75) is 20.3 Å². The summed E-state index contributed by atoms with van der Waals surface area (Å²) in [4.78, 5) is 4.58. The van der Waals surface area contributed by atoms with Crippen LogP contribution in [0.15, 0.2) is 23.6 Å². The van der Waals surface area contributed by atoms with Crippen LogP contribution in [-0.2, 0) is 6.42 Å². The molecule has 2 rings (SSSR count). The molecule has 18 heavy (non-hydrogen) atoms. The van der Waals surface area contributed by atoms with Gasteiger partial charge in [-0.15, -0.1) is 11.3 Å². The molecule has 0 bridgehead atoms. The summed E-state index contributed by atoms with van der Waals surface area (Å²) in [5, 5.41) is 6.43. The van der Waals surface area contributed by atoms with Gasteiger partial charge in [0.15, 0.2) is 0 Å². The summed E-state index contributed by atoms with van der Waals surface area (Å²) in [6, 6.07) is 5.13. The second-order valence-corrected chi connectivity index (χ2v) is 5.14. The van der Waals surface area contributed by atoms with Gasteiger partial charge in [-0.05, 0) is 37.2 Å². The molecule has 0 aliphatic heterocycles. The summed E-state index contributed by atoms with van der Waals surface area (Å²) >= 11 is 1.66. The maximum Gasteiger partial charge on any atom is 0.126 e. The first kappa shape index (κ1) is 13.2. The number of likely N-dealkylation sites (N-methyl/N-ethyl adjacent to an activating group) is 1. The Morgan fingerprint density at radius 1 is 1.39 bits per heavy atom. The van der Waals surface area contributed by atoms with Crippen molar-refractivity contribution >= 4 is 11.3 Å². The van der Waals surface area contributed by atoms with Gasteiger partial charge >= 0.3 is 0 Å². The second kappa shape index (κ2) is 6.07. The molecule has 96 valence electrons. The van der Waals surface area contributed by atoms with Crippen LogP contribution in [0.2, 0.25) is 0 Å². The third-order valence-electron chi connectivity index (χ3n) is 2.77. The standard InChI is InChI=1S/C14H17FN2S/c1-3-16-7-6-14-17-13(9-18-14)11-4-5-12(15)10(2)8-11/h4-5,8-9,16H,3,6-7H2,1-2H3. The maximum absolute atomic E-state index is 13.2. The molecule has 0 amide bonds. The fourth-order valence-corrected chi connectivity index (χ4v) is 2.54. The molecular formula is C14H17FN2S. The minimum absolute atomic E-state index is 0.165. The Labute approximate surface area is 111 Å². The topological polar surface area (TPSA) is 24.9 Å². The predicted molar refractivity (Wildman–Crippen MR) is 74.5 cm³/mol. The number of halogens is 1. The van der Waals surface area contributed by atoms with Gasteiger partial charge in [-0.1, -0.05) is 6.92 Å². The highest BCUT2D eigenvalue weighted by atomic mass is 32.1. The summed E-state index contributed by atoms with van der Waals surface area (Å²) < 4.78 is 13.2. The van der Waals surface area contributed by atoms with Crippen molar-refractivity contribution in [2.24, 2.45) is 0 Å². The van der Waals surface area contributed by atoms with Gasteiger partial charge in [-0.2, -0.15) is 0 Å². The zero-order valence-corrected chi connectivity index (χ0v) is 11.5.